The molecule has 26 heavy (non-hydrogen) atoms. The van der Waals surface area contributed by atoms with Crippen LogP contribution in [0.25, 0.3) is 6.08 Å². The molecule has 3 rings (SSSR count). The summed E-state index contributed by atoms with van der Waals surface area (Å²) >= 11 is 3.50. The third-order valence-electron chi connectivity index (χ3n) is 4.48. The van der Waals surface area contributed by atoms with E-state index in [1.165, 1.54) is 0 Å². The van der Waals surface area contributed by atoms with Gasteiger partial charge in [0, 0.05) is 42.4 Å². The van der Waals surface area contributed by atoms with Crippen molar-refractivity contribution in [2.24, 2.45) is 0 Å². The second-order valence-corrected chi connectivity index (χ2v) is 7.03. The molecule has 0 unspecified atom stereocenters. The molecule has 0 saturated carbocycles. The van der Waals surface area contributed by atoms with Crippen LogP contribution in [0.2, 0.25) is 0 Å². The summed E-state index contributed by atoms with van der Waals surface area (Å²) in [6, 6.07) is 17.6. The number of halogens is 1. The number of carbonyl (C=O) groups excluding carboxylic acids is 1. The van der Waals surface area contributed by atoms with Crippen LogP contribution in [0, 0.1) is 11.3 Å². The number of amides is 1. The van der Waals surface area contributed by atoms with E-state index in [0.717, 1.165) is 41.8 Å². The molecular weight excluding hydrogens is 390 g/mol. The van der Waals surface area contributed by atoms with Gasteiger partial charge in [-0.2, -0.15) is 5.26 Å². The van der Waals surface area contributed by atoms with E-state index in [2.05, 4.69) is 26.9 Å². The van der Waals surface area contributed by atoms with Gasteiger partial charge < -0.3 is 9.80 Å². The smallest absolute Gasteiger partial charge is 0.246 e. The topological polar surface area (TPSA) is 47.3 Å². The Hall–Kier alpha value is -2.58. The Balaban J connectivity index is 1.61. The first kappa shape index (κ1) is 18.2. The first-order valence-electron chi connectivity index (χ1n) is 8.64. The molecule has 4 nitrogen and oxygen atoms in total. The van der Waals surface area contributed by atoms with Crippen molar-refractivity contribution in [3.8, 4) is 6.07 Å². The van der Waals surface area contributed by atoms with Crippen LogP contribution in [0.5, 0.6) is 0 Å². The van der Waals surface area contributed by atoms with Crippen LogP contribution in [0.3, 0.4) is 0 Å². The summed E-state index contributed by atoms with van der Waals surface area (Å²) < 4.78 is 0.979. The Labute approximate surface area is 162 Å². The summed E-state index contributed by atoms with van der Waals surface area (Å²) in [6.07, 6.45) is 4.43. The highest BCUT2D eigenvalue weighted by atomic mass is 79.9. The molecule has 2 aromatic rings. The number of hydrogen-bond donors (Lipinski definition) is 0. The Morgan fingerprint density at radius 3 is 2.54 bits per heavy atom. The van der Waals surface area contributed by atoms with Crippen molar-refractivity contribution in [3.63, 3.8) is 0 Å². The number of nitrogens with zero attached hydrogens (tertiary/aromatic N) is 3. The molecule has 0 aromatic heterocycles. The summed E-state index contributed by atoms with van der Waals surface area (Å²) in [4.78, 5) is 16.7. The predicted molar refractivity (Wildman–Crippen MR) is 108 cm³/mol. The van der Waals surface area contributed by atoms with Gasteiger partial charge in [0.05, 0.1) is 11.6 Å². The van der Waals surface area contributed by atoms with Crippen molar-refractivity contribution in [2.75, 3.05) is 31.1 Å². The van der Waals surface area contributed by atoms with E-state index in [1.54, 1.807) is 6.08 Å². The third kappa shape index (κ3) is 4.53. The molecular formula is C21H20BrN3O. The molecule has 0 bridgehead atoms. The molecule has 1 aliphatic rings. The average Bonchev–Trinajstić information content (AvgIpc) is 2.93. The minimum Gasteiger partial charge on any atom is -0.370 e. The second-order valence-electron chi connectivity index (χ2n) is 6.18. The molecule has 1 fully saturated rings. The lowest BCUT2D eigenvalue weighted by Gasteiger charge is -2.23. The fourth-order valence-corrected chi connectivity index (χ4v) is 3.44. The summed E-state index contributed by atoms with van der Waals surface area (Å²) in [7, 11) is 0. The molecule has 1 amide bonds. The Kier molecular flexibility index (Phi) is 6.08. The standard InChI is InChI=1S/C21H20BrN3O/c22-20-5-2-1-4-18(20)8-11-21(26)25-13-3-12-24(14-15-25)19-9-6-17(16-23)7-10-19/h1-2,4-11H,3,12-15H2/b11-8+. The number of rotatable bonds is 3. The Bertz CT molecular complexity index is 839. The van der Waals surface area contributed by atoms with Gasteiger partial charge in [0.1, 0.15) is 0 Å². The lowest BCUT2D eigenvalue weighted by atomic mass is 10.2. The van der Waals surface area contributed by atoms with Gasteiger partial charge >= 0.3 is 0 Å². The number of carbonyl (C=O) groups is 1. The van der Waals surface area contributed by atoms with Gasteiger partial charge in [-0.15, -0.1) is 0 Å². The predicted octanol–water partition coefficient (Wildman–Crippen LogP) is 4.07. The first-order valence-corrected chi connectivity index (χ1v) is 9.43. The highest BCUT2D eigenvalue weighted by Gasteiger charge is 2.17. The van der Waals surface area contributed by atoms with E-state index in [0.29, 0.717) is 12.1 Å². The number of anilines is 1. The zero-order chi connectivity index (χ0) is 18.4. The molecule has 0 spiro atoms. The molecule has 1 heterocycles. The van der Waals surface area contributed by atoms with Crippen LogP contribution < -0.4 is 4.90 Å². The SMILES string of the molecule is N#Cc1ccc(N2CCCN(C(=O)/C=C/c3ccccc3Br)CC2)cc1. The lowest BCUT2D eigenvalue weighted by Crippen LogP contribution is -2.34. The van der Waals surface area contributed by atoms with E-state index < -0.39 is 0 Å². The number of benzene rings is 2. The van der Waals surface area contributed by atoms with Gasteiger partial charge in [-0.25, -0.2) is 0 Å². The molecule has 1 aliphatic heterocycles. The zero-order valence-corrected chi connectivity index (χ0v) is 16.0. The van der Waals surface area contributed by atoms with Gasteiger partial charge in [-0.05, 0) is 48.4 Å². The van der Waals surface area contributed by atoms with Crippen molar-refractivity contribution in [1.82, 2.24) is 4.90 Å². The van der Waals surface area contributed by atoms with Crippen molar-refractivity contribution < 1.29 is 4.79 Å². The maximum absolute atomic E-state index is 12.5. The van der Waals surface area contributed by atoms with Crippen molar-refractivity contribution in [2.45, 2.75) is 6.42 Å². The highest BCUT2D eigenvalue weighted by molar-refractivity contribution is 9.10. The summed E-state index contributed by atoms with van der Waals surface area (Å²) in [5.41, 5.74) is 2.76. The molecule has 0 N–H and O–H groups in total. The molecule has 2 aromatic carbocycles. The van der Waals surface area contributed by atoms with E-state index in [9.17, 15) is 4.79 Å². The first-order chi connectivity index (χ1) is 12.7. The third-order valence-corrected chi connectivity index (χ3v) is 5.20. The fraction of sp³-hybridized carbons (Fsp3) is 0.238. The van der Waals surface area contributed by atoms with Crippen LogP contribution in [-0.4, -0.2) is 37.0 Å². The molecule has 0 aliphatic carbocycles. The van der Waals surface area contributed by atoms with Crippen molar-refractivity contribution >= 4 is 33.6 Å². The van der Waals surface area contributed by atoms with E-state index >= 15 is 0 Å². The summed E-state index contributed by atoms with van der Waals surface area (Å²) in [5.74, 6) is 0.0439. The average molecular weight is 410 g/mol. The van der Waals surface area contributed by atoms with Crippen LogP contribution in [-0.2, 0) is 4.79 Å². The highest BCUT2D eigenvalue weighted by Crippen LogP contribution is 2.19. The van der Waals surface area contributed by atoms with E-state index in [4.69, 9.17) is 5.26 Å². The quantitative estimate of drug-likeness (QED) is 0.717. The monoisotopic (exact) mass is 409 g/mol. The number of nitriles is 1. The van der Waals surface area contributed by atoms with Gasteiger partial charge in [0.15, 0.2) is 0 Å². The number of hydrogen-bond acceptors (Lipinski definition) is 3. The van der Waals surface area contributed by atoms with Crippen molar-refractivity contribution in [3.05, 3.63) is 70.2 Å². The summed E-state index contributed by atoms with van der Waals surface area (Å²) in [6.45, 7) is 3.15. The van der Waals surface area contributed by atoms with E-state index in [1.807, 2.05) is 59.5 Å². The molecule has 132 valence electrons. The minimum absolute atomic E-state index is 0.0439. The van der Waals surface area contributed by atoms with Crippen LogP contribution in [0.4, 0.5) is 5.69 Å². The van der Waals surface area contributed by atoms with Crippen molar-refractivity contribution in [1.29, 1.82) is 5.26 Å². The molecule has 1 saturated heterocycles. The maximum atomic E-state index is 12.5. The van der Waals surface area contributed by atoms with Gasteiger partial charge in [0.25, 0.3) is 0 Å². The Morgan fingerprint density at radius 2 is 1.81 bits per heavy atom. The summed E-state index contributed by atoms with van der Waals surface area (Å²) in [5, 5.41) is 8.91. The van der Waals surface area contributed by atoms with Gasteiger partial charge in [-0.1, -0.05) is 34.1 Å². The second kappa shape index (κ2) is 8.68. The maximum Gasteiger partial charge on any atom is 0.246 e. The van der Waals surface area contributed by atoms with E-state index in [-0.39, 0.29) is 5.91 Å². The Morgan fingerprint density at radius 1 is 1.04 bits per heavy atom. The molecule has 0 radical (unpaired) electrons. The molecule has 0 atom stereocenters. The van der Waals surface area contributed by atoms with Crippen LogP contribution in [0.15, 0.2) is 59.1 Å². The normalized spacial score (nSPS) is 14.9. The zero-order valence-electron chi connectivity index (χ0n) is 14.4. The molecule has 5 heteroatoms. The minimum atomic E-state index is 0.0439. The van der Waals surface area contributed by atoms with Gasteiger partial charge in [0.2, 0.25) is 5.91 Å². The van der Waals surface area contributed by atoms with Crippen LogP contribution in [0.1, 0.15) is 17.5 Å². The van der Waals surface area contributed by atoms with Crippen LogP contribution >= 0.6 is 15.9 Å². The lowest BCUT2D eigenvalue weighted by molar-refractivity contribution is -0.125. The largest absolute Gasteiger partial charge is 0.370 e. The van der Waals surface area contributed by atoms with Gasteiger partial charge in [-0.3, -0.25) is 4.79 Å². The fourth-order valence-electron chi connectivity index (χ4n) is 3.02.